The third-order valence-electron chi connectivity index (χ3n) is 3.97. The number of likely N-dealkylation sites (N-methyl/N-ethyl adjacent to an activating group) is 1. The molecule has 0 aliphatic heterocycles. The summed E-state index contributed by atoms with van der Waals surface area (Å²) >= 11 is 0. The van der Waals surface area contributed by atoms with Crippen LogP contribution in [0.5, 0.6) is 5.75 Å². The van der Waals surface area contributed by atoms with Crippen LogP contribution >= 0.6 is 0 Å². The molecule has 2 rings (SSSR count). The minimum atomic E-state index is -3.84. The molecule has 2 aromatic rings. The highest BCUT2D eigenvalue weighted by Crippen LogP contribution is 2.23. The number of hydrogen-bond donors (Lipinski definition) is 2. The van der Waals surface area contributed by atoms with E-state index >= 15 is 0 Å². The number of nitrogens with two attached hydrogens (primary N) is 1. The maximum absolute atomic E-state index is 12.7. The van der Waals surface area contributed by atoms with E-state index in [0.717, 1.165) is 4.31 Å². The molecule has 0 unspecified atom stereocenters. The van der Waals surface area contributed by atoms with Crippen LogP contribution in [-0.2, 0) is 14.8 Å². The van der Waals surface area contributed by atoms with Crippen molar-refractivity contribution in [2.75, 3.05) is 25.5 Å². The van der Waals surface area contributed by atoms with E-state index < -0.39 is 21.8 Å². The molecule has 0 bridgehead atoms. The van der Waals surface area contributed by atoms with Crippen LogP contribution in [0.1, 0.15) is 22.8 Å². The monoisotopic (exact) mass is 405 g/mol. The molecule has 0 saturated carbocycles. The molecule has 0 aliphatic rings. The van der Waals surface area contributed by atoms with Crippen molar-refractivity contribution in [1.82, 2.24) is 4.31 Å². The lowest BCUT2D eigenvalue weighted by Crippen LogP contribution is -2.35. The largest absolute Gasteiger partial charge is 0.494 e. The Morgan fingerprint density at radius 2 is 1.79 bits per heavy atom. The molecule has 150 valence electrons. The van der Waals surface area contributed by atoms with Crippen LogP contribution in [0.3, 0.4) is 0 Å². The summed E-state index contributed by atoms with van der Waals surface area (Å²) in [5.41, 5.74) is 6.59. The molecule has 0 aromatic heterocycles. The normalized spacial score (nSPS) is 11.3. The number of amides is 2. The molecule has 2 aromatic carbocycles. The van der Waals surface area contributed by atoms with Crippen molar-refractivity contribution in [3.63, 3.8) is 0 Å². The third kappa shape index (κ3) is 5.08. The summed E-state index contributed by atoms with van der Waals surface area (Å²) in [5.74, 6) is -0.476. The zero-order valence-corrected chi connectivity index (χ0v) is 16.7. The summed E-state index contributed by atoms with van der Waals surface area (Å²) < 4.78 is 31.8. The van der Waals surface area contributed by atoms with Crippen LogP contribution in [0.2, 0.25) is 0 Å². The Morgan fingerprint density at radius 1 is 1.14 bits per heavy atom. The number of anilines is 1. The molecule has 0 fully saturated rings. The smallest absolute Gasteiger partial charge is 0.248 e. The van der Waals surface area contributed by atoms with Crippen molar-refractivity contribution >= 4 is 27.5 Å². The van der Waals surface area contributed by atoms with E-state index in [1.165, 1.54) is 43.4 Å². The summed E-state index contributed by atoms with van der Waals surface area (Å²) in [6.45, 7) is 3.71. The maximum atomic E-state index is 12.7. The van der Waals surface area contributed by atoms with Gasteiger partial charge < -0.3 is 15.8 Å². The minimum absolute atomic E-state index is 0.0783. The van der Waals surface area contributed by atoms with Gasteiger partial charge in [-0.15, -0.1) is 0 Å². The number of primary amides is 1. The molecule has 0 heterocycles. The Hall–Kier alpha value is -2.91. The molecule has 0 spiro atoms. The van der Waals surface area contributed by atoms with Crippen molar-refractivity contribution in [2.45, 2.75) is 18.7 Å². The van der Waals surface area contributed by atoms with Gasteiger partial charge in [-0.2, -0.15) is 4.31 Å². The lowest BCUT2D eigenvalue weighted by atomic mass is 10.2. The van der Waals surface area contributed by atoms with E-state index in [9.17, 15) is 18.0 Å². The molecule has 0 aliphatic carbocycles. The standard InChI is InChI=1S/C19H23N3O5S/c1-4-27-17-10-9-16(11-13(17)2)28(25,26)22(3)12-18(23)21-15-7-5-14(6-8-15)19(20)24/h5-11H,4,12H2,1-3H3,(H2,20,24)(H,21,23). The van der Waals surface area contributed by atoms with Gasteiger partial charge in [-0.3, -0.25) is 9.59 Å². The topological polar surface area (TPSA) is 119 Å². The fraction of sp³-hybridized carbons (Fsp3) is 0.263. The minimum Gasteiger partial charge on any atom is -0.494 e. The number of nitrogens with one attached hydrogen (secondary N) is 1. The fourth-order valence-corrected chi connectivity index (χ4v) is 3.70. The van der Waals surface area contributed by atoms with E-state index in [2.05, 4.69) is 5.32 Å². The van der Waals surface area contributed by atoms with Gasteiger partial charge >= 0.3 is 0 Å². The van der Waals surface area contributed by atoms with Gasteiger partial charge in [0.05, 0.1) is 18.0 Å². The van der Waals surface area contributed by atoms with Gasteiger partial charge in [0.2, 0.25) is 21.8 Å². The van der Waals surface area contributed by atoms with Gasteiger partial charge in [-0.25, -0.2) is 8.42 Å². The van der Waals surface area contributed by atoms with Gasteiger partial charge in [0.15, 0.2) is 0 Å². The Morgan fingerprint density at radius 3 is 2.32 bits per heavy atom. The highest BCUT2D eigenvalue weighted by atomic mass is 32.2. The molecular formula is C19H23N3O5S. The second-order valence-corrected chi connectivity index (χ2v) is 8.16. The van der Waals surface area contributed by atoms with Gasteiger partial charge in [0, 0.05) is 18.3 Å². The average molecular weight is 405 g/mol. The van der Waals surface area contributed by atoms with Crippen LogP contribution in [0.15, 0.2) is 47.4 Å². The van der Waals surface area contributed by atoms with Gasteiger partial charge in [-0.1, -0.05) is 0 Å². The summed E-state index contributed by atoms with van der Waals surface area (Å²) in [6, 6.07) is 10.5. The number of benzene rings is 2. The van der Waals surface area contributed by atoms with Crippen molar-refractivity contribution < 1.29 is 22.7 Å². The molecule has 0 radical (unpaired) electrons. The van der Waals surface area contributed by atoms with E-state index in [0.29, 0.717) is 29.2 Å². The first-order valence-electron chi connectivity index (χ1n) is 8.54. The van der Waals surface area contributed by atoms with Crippen LogP contribution in [-0.4, -0.2) is 44.7 Å². The summed E-state index contributed by atoms with van der Waals surface area (Å²) in [6.07, 6.45) is 0. The third-order valence-corrected chi connectivity index (χ3v) is 5.77. The molecule has 9 heteroatoms. The highest BCUT2D eigenvalue weighted by molar-refractivity contribution is 7.89. The van der Waals surface area contributed by atoms with E-state index in [-0.39, 0.29) is 11.4 Å². The van der Waals surface area contributed by atoms with Gasteiger partial charge in [-0.05, 0) is 61.9 Å². The predicted molar refractivity (Wildman–Crippen MR) is 106 cm³/mol. The van der Waals surface area contributed by atoms with Crippen molar-refractivity contribution in [1.29, 1.82) is 0 Å². The molecule has 0 atom stereocenters. The van der Waals surface area contributed by atoms with Crippen molar-refractivity contribution in [2.24, 2.45) is 5.73 Å². The zero-order valence-electron chi connectivity index (χ0n) is 15.9. The van der Waals surface area contributed by atoms with Crippen molar-refractivity contribution in [3.8, 4) is 5.75 Å². The quantitative estimate of drug-likeness (QED) is 0.693. The Labute approximate surface area is 164 Å². The molecule has 8 nitrogen and oxygen atoms in total. The van der Waals surface area contributed by atoms with Gasteiger partial charge in [0.1, 0.15) is 5.75 Å². The Balaban J connectivity index is 2.07. The van der Waals surface area contributed by atoms with Gasteiger partial charge in [0.25, 0.3) is 0 Å². The first kappa shape index (κ1) is 21.4. The number of ether oxygens (including phenoxy) is 1. The number of hydrogen-bond acceptors (Lipinski definition) is 5. The summed E-state index contributed by atoms with van der Waals surface area (Å²) in [4.78, 5) is 23.3. The van der Waals surface area contributed by atoms with E-state index in [4.69, 9.17) is 10.5 Å². The number of aryl methyl sites for hydroxylation is 1. The Bertz CT molecular complexity index is 972. The Kier molecular flexibility index (Phi) is 6.76. The fourth-order valence-electron chi connectivity index (χ4n) is 2.49. The summed E-state index contributed by atoms with van der Waals surface area (Å²) in [5, 5.41) is 2.58. The van der Waals surface area contributed by atoms with Crippen LogP contribution in [0, 0.1) is 6.92 Å². The number of carbonyl (C=O) groups excluding carboxylic acids is 2. The number of sulfonamides is 1. The zero-order chi connectivity index (χ0) is 20.9. The van der Waals surface area contributed by atoms with Crippen LogP contribution in [0.4, 0.5) is 5.69 Å². The molecule has 2 amide bonds. The second-order valence-electron chi connectivity index (χ2n) is 6.11. The molecule has 0 saturated heterocycles. The lowest BCUT2D eigenvalue weighted by molar-refractivity contribution is -0.116. The first-order chi connectivity index (χ1) is 13.1. The predicted octanol–water partition coefficient (Wildman–Crippen LogP) is 1.75. The first-order valence-corrected chi connectivity index (χ1v) is 9.98. The van der Waals surface area contributed by atoms with Crippen LogP contribution in [0.25, 0.3) is 0 Å². The van der Waals surface area contributed by atoms with E-state index in [1.807, 2.05) is 6.92 Å². The highest BCUT2D eigenvalue weighted by Gasteiger charge is 2.23. The SMILES string of the molecule is CCOc1ccc(S(=O)(=O)N(C)CC(=O)Nc2ccc(C(N)=O)cc2)cc1C. The van der Waals surface area contributed by atoms with E-state index in [1.54, 1.807) is 13.0 Å². The summed E-state index contributed by atoms with van der Waals surface area (Å²) in [7, 11) is -2.51. The second kappa shape index (κ2) is 8.85. The average Bonchev–Trinajstić information content (AvgIpc) is 2.63. The number of nitrogens with zero attached hydrogens (tertiary/aromatic N) is 1. The molecule has 28 heavy (non-hydrogen) atoms. The van der Waals surface area contributed by atoms with Crippen molar-refractivity contribution in [3.05, 3.63) is 53.6 Å². The molecular weight excluding hydrogens is 382 g/mol. The maximum Gasteiger partial charge on any atom is 0.248 e. The number of rotatable bonds is 8. The lowest BCUT2D eigenvalue weighted by Gasteiger charge is -2.18. The van der Waals surface area contributed by atoms with Crippen LogP contribution < -0.4 is 15.8 Å². The number of carbonyl (C=O) groups is 2. The molecule has 3 N–H and O–H groups in total.